The Bertz CT molecular complexity index is 456. The predicted molar refractivity (Wildman–Crippen MR) is 78.3 cm³/mol. The number of benzene rings is 2. The van der Waals surface area contributed by atoms with Crippen molar-refractivity contribution in [3.8, 4) is 0 Å². The molecule has 0 amide bonds. The van der Waals surface area contributed by atoms with E-state index in [1.165, 1.54) is 0 Å². The summed E-state index contributed by atoms with van der Waals surface area (Å²) in [6, 6.07) is 19.2. The number of rotatable bonds is 6. The van der Waals surface area contributed by atoms with E-state index in [-0.39, 0.29) is 12.2 Å². The maximum atomic E-state index is 11.8. The van der Waals surface area contributed by atoms with Gasteiger partial charge in [0.1, 0.15) is 0 Å². The van der Waals surface area contributed by atoms with Gasteiger partial charge in [0.25, 0.3) is 0 Å². The van der Waals surface area contributed by atoms with Gasteiger partial charge in [0.2, 0.25) is 0 Å². The maximum Gasteiger partial charge on any atom is 0.667 e. The Morgan fingerprint density at radius 3 is 1.45 bits per heavy atom. The molecule has 0 aliphatic rings. The smallest absolute Gasteiger partial charge is 0.378 e. The molecule has 0 saturated heterocycles. The second-order valence-electron chi connectivity index (χ2n) is 4.67. The standard InChI is InChI=1S/C16H18BO3/c1-13(15-9-5-3-6-10-15)19-17(18)20-14(2)16-11-7-4-8-12-16/h3-14H,1-2H3. The van der Waals surface area contributed by atoms with Gasteiger partial charge in [-0.3, -0.25) is 0 Å². The molecular weight excluding hydrogens is 251 g/mol. The summed E-state index contributed by atoms with van der Waals surface area (Å²) in [6.07, 6.45) is -0.580. The van der Waals surface area contributed by atoms with Crippen LogP contribution >= 0.6 is 0 Å². The van der Waals surface area contributed by atoms with Crippen LogP contribution in [-0.2, 0) is 14.3 Å². The van der Waals surface area contributed by atoms with Gasteiger partial charge < -0.3 is 9.31 Å². The highest BCUT2D eigenvalue weighted by Crippen LogP contribution is 2.21. The van der Waals surface area contributed by atoms with Gasteiger partial charge >= 0.3 is 7.32 Å². The Morgan fingerprint density at radius 2 is 1.10 bits per heavy atom. The summed E-state index contributed by atoms with van der Waals surface area (Å²) in [5.74, 6) is 0. The molecule has 3 nitrogen and oxygen atoms in total. The average Bonchev–Trinajstić information content (AvgIpc) is 2.49. The first-order valence-electron chi connectivity index (χ1n) is 6.73. The molecule has 0 heterocycles. The minimum absolute atomic E-state index is 0.290. The van der Waals surface area contributed by atoms with Crippen molar-refractivity contribution >= 4 is 7.32 Å². The van der Waals surface area contributed by atoms with Crippen molar-refractivity contribution in [1.82, 2.24) is 0 Å². The van der Waals surface area contributed by atoms with Crippen LogP contribution in [0.3, 0.4) is 0 Å². The molecule has 1 radical (unpaired) electrons. The molecule has 0 fully saturated rings. The summed E-state index contributed by atoms with van der Waals surface area (Å²) < 4.78 is 10.7. The van der Waals surface area contributed by atoms with Gasteiger partial charge in [-0.05, 0) is 25.0 Å². The van der Waals surface area contributed by atoms with Crippen LogP contribution in [0.5, 0.6) is 0 Å². The van der Waals surface area contributed by atoms with Crippen molar-refractivity contribution < 1.29 is 14.3 Å². The summed E-state index contributed by atoms with van der Waals surface area (Å²) in [4.78, 5) is 0. The van der Waals surface area contributed by atoms with E-state index < -0.39 is 7.32 Å². The van der Waals surface area contributed by atoms with E-state index >= 15 is 0 Å². The second-order valence-corrected chi connectivity index (χ2v) is 4.67. The van der Waals surface area contributed by atoms with Crippen LogP contribution in [0.4, 0.5) is 0 Å². The van der Waals surface area contributed by atoms with Gasteiger partial charge in [0, 0.05) is 0 Å². The first kappa shape index (κ1) is 14.8. The highest BCUT2D eigenvalue weighted by atomic mass is 16.7. The van der Waals surface area contributed by atoms with Crippen LogP contribution in [0.25, 0.3) is 0 Å². The first-order chi connectivity index (χ1) is 9.66. The first-order valence-corrected chi connectivity index (χ1v) is 6.73. The molecule has 0 aliphatic carbocycles. The molecule has 0 N–H and O–H groups in total. The Hall–Kier alpha value is -1.62. The quantitative estimate of drug-likeness (QED) is 0.744. The van der Waals surface area contributed by atoms with Crippen LogP contribution in [0.15, 0.2) is 60.7 Å². The van der Waals surface area contributed by atoms with Crippen molar-refractivity contribution in [2.75, 3.05) is 0 Å². The van der Waals surface area contributed by atoms with Crippen LogP contribution in [0.2, 0.25) is 0 Å². The van der Waals surface area contributed by atoms with E-state index in [0.29, 0.717) is 0 Å². The SMILES string of the molecule is CC(OB([O])OC(C)c1ccccc1)c1ccccc1. The molecule has 2 aromatic rings. The number of hydrogen-bond donors (Lipinski definition) is 0. The molecule has 2 aromatic carbocycles. The zero-order chi connectivity index (χ0) is 14.4. The van der Waals surface area contributed by atoms with Crippen molar-refractivity contribution in [2.45, 2.75) is 26.1 Å². The normalized spacial score (nSPS) is 13.8. The molecular formula is C16H18BO3. The van der Waals surface area contributed by atoms with Gasteiger partial charge in [-0.25, -0.2) is 5.02 Å². The largest absolute Gasteiger partial charge is 0.667 e. The van der Waals surface area contributed by atoms with Crippen LogP contribution in [0.1, 0.15) is 37.2 Å². The summed E-state index contributed by atoms with van der Waals surface area (Å²) in [7, 11) is -1.50. The van der Waals surface area contributed by atoms with Crippen molar-refractivity contribution in [3.05, 3.63) is 71.8 Å². The zero-order valence-electron chi connectivity index (χ0n) is 11.7. The predicted octanol–water partition coefficient (Wildman–Crippen LogP) is 3.96. The fourth-order valence-electron chi connectivity index (χ4n) is 1.97. The topological polar surface area (TPSA) is 38.4 Å². The van der Waals surface area contributed by atoms with Gasteiger partial charge in [0.05, 0.1) is 12.2 Å². The monoisotopic (exact) mass is 269 g/mol. The summed E-state index contributed by atoms with van der Waals surface area (Å²) in [5.41, 5.74) is 1.92. The summed E-state index contributed by atoms with van der Waals surface area (Å²) >= 11 is 0. The van der Waals surface area contributed by atoms with Crippen LogP contribution < -0.4 is 0 Å². The summed E-state index contributed by atoms with van der Waals surface area (Å²) in [6.45, 7) is 3.69. The van der Waals surface area contributed by atoms with Crippen molar-refractivity contribution in [3.63, 3.8) is 0 Å². The Kier molecular flexibility index (Phi) is 5.36. The lowest BCUT2D eigenvalue weighted by atomic mass is 10.1. The second kappa shape index (κ2) is 7.24. The molecule has 20 heavy (non-hydrogen) atoms. The van der Waals surface area contributed by atoms with Crippen LogP contribution in [0, 0.1) is 0 Å². The van der Waals surface area contributed by atoms with E-state index in [1.54, 1.807) is 0 Å². The molecule has 0 aromatic heterocycles. The van der Waals surface area contributed by atoms with Gasteiger partial charge in [-0.15, -0.1) is 0 Å². The molecule has 2 atom stereocenters. The van der Waals surface area contributed by atoms with Gasteiger partial charge in [-0.2, -0.15) is 0 Å². The lowest BCUT2D eigenvalue weighted by Gasteiger charge is -2.18. The molecule has 2 unspecified atom stereocenters. The van der Waals surface area contributed by atoms with E-state index in [1.807, 2.05) is 74.5 Å². The Labute approximate surface area is 120 Å². The minimum atomic E-state index is -1.50. The maximum absolute atomic E-state index is 11.8. The van der Waals surface area contributed by atoms with Gasteiger partial charge in [-0.1, -0.05) is 60.7 Å². The third kappa shape index (κ3) is 4.20. The molecule has 0 saturated carbocycles. The lowest BCUT2D eigenvalue weighted by molar-refractivity contribution is 0.0480. The Balaban J connectivity index is 1.88. The number of hydrogen-bond acceptors (Lipinski definition) is 2. The molecule has 103 valence electrons. The zero-order valence-corrected chi connectivity index (χ0v) is 11.7. The van der Waals surface area contributed by atoms with E-state index in [2.05, 4.69) is 0 Å². The van der Waals surface area contributed by atoms with Crippen molar-refractivity contribution in [2.24, 2.45) is 0 Å². The third-order valence-corrected chi connectivity index (χ3v) is 3.17. The summed E-state index contributed by atoms with van der Waals surface area (Å²) in [5, 5.41) is 11.8. The third-order valence-electron chi connectivity index (χ3n) is 3.17. The van der Waals surface area contributed by atoms with Gasteiger partial charge in [0.15, 0.2) is 0 Å². The highest BCUT2D eigenvalue weighted by Gasteiger charge is 2.25. The molecule has 0 spiro atoms. The van der Waals surface area contributed by atoms with E-state index in [9.17, 15) is 5.02 Å². The molecule has 0 bridgehead atoms. The fourth-order valence-corrected chi connectivity index (χ4v) is 1.97. The van der Waals surface area contributed by atoms with E-state index in [0.717, 1.165) is 11.1 Å². The highest BCUT2D eigenvalue weighted by molar-refractivity contribution is 6.34. The Morgan fingerprint density at radius 1 is 0.750 bits per heavy atom. The molecule has 2 rings (SSSR count). The average molecular weight is 269 g/mol. The molecule has 0 aliphatic heterocycles. The fraction of sp³-hybridized carbons (Fsp3) is 0.250. The van der Waals surface area contributed by atoms with E-state index in [4.69, 9.17) is 9.31 Å². The van der Waals surface area contributed by atoms with Crippen LogP contribution in [-0.4, -0.2) is 7.32 Å². The molecule has 4 heteroatoms. The van der Waals surface area contributed by atoms with Crippen molar-refractivity contribution in [1.29, 1.82) is 0 Å². The minimum Gasteiger partial charge on any atom is -0.378 e. The lowest BCUT2D eigenvalue weighted by Crippen LogP contribution is -2.24.